The van der Waals surface area contributed by atoms with E-state index in [0.29, 0.717) is 5.30 Å². The van der Waals surface area contributed by atoms with Gasteiger partial charge in [0.2, 0.25) is 0 Å². The average molecular weight is 265 g/mol. The van der Waals surface area contributed by atoms with E-state index in [4.69, 9.17) is 9.79 Å². The van der Waals surface area contributed by atoms with Crippen LogP contribution in [0.2, 0.25) is 0 Å². The fourth-order valence-corrected chi connectivity index (χ4v) is 3.64. The van der Waals surface area contributed by atoms with Crippen molar-refractivity contribution in [1.29, 1.82) is 5.26 Å². The number of hydrogen-bond donors (Lipinski definition) is 1. The lowest BCUT2D eigenvalue weighted by Gasteiger charge is -2.18. The first-order chi connectivity index (χ1) is 8.60. The number of aliphatic hydroxyl groups excluding tert-OH is 1. The first kappa shape index (κ1) is 14.5. The third-order valence-electron chi connectivity index (χ3n) is 2.42. The van der Waals surface area contributed by atoms with E-state index >= 15 is 0 Å². The fraction of sp³-hybridized carbons (Fsp3) is 0.308. The molecule has 0 bridgehead atoms. The van der Waals surface area contributed by atoms with Crippen molar-refractivity contribution >= 4 is 12.7 Å². The Labute approximate surface area is 107 Å². The number of aliphatic hydroxyl groups is 1. The smallest absolute Gasteiger partial charge is 0.274 e. The topological polar surface area (TPSA) is 70.3 Å². The molecule has 0 aliphatic heterocycles. The highest BCUT2D eigenvalue weighted by atomic mass is 31.2. The van der Waals surface area contributed by atoms with Gasteiger partial charge in [0.25, 0.3) is 7.37 Å². The van der Waals surface area contributed by atoms with E-state index in [0.717, 1.165) is 0 Å². The van der Waals surface area contributed by atoms with E-state index in [1.54, 1.807) is 44.2 Å². The Morgan fingerprint density at radius 3 is 2.44 bits per heavy atom. The molecule has 1 rings (SSSR count). The Hall–Kier alpha value is -1.56. The lowest BCUT2D eigenvalue weighted by molar-refractivity contribution is 0.341. The molecule has 18 heavy (non-hydrogen) atoms. The maximum Gasteiger partial charge on any atom is 0.274 e. The van der Waals surface area contributed by atoms with Crippen LogP contribution in [0.5, 0.6) is 0 Å². The molecule has 0 amide bonds. The molecule has 0 spiro atoms. The molecule has 0 aliphatic rings. The predicted octanol–water partition coefficient (Wildman–Crippen LogP) is 3.33. The van der Waals surface area contributed by atoms with Crippen LogP contribution in [-0.4, -0.2) is 11.7 Å². The maximum atomic E-state index is 12.9. The van der Waals surface area contributed by atoms with Gasteiger partial charge in [-0.25, -0.2) is 0 Å². The van der Waals surface area contributed by atoms with Gasteiger partial charge in [-0.05, 0) is 19.1 Å². The molecule has 5 heteroatoms. The molecule has 0 saturated carbocycles. The molecular formula is C13H16NO3P. The van der Waals surface area contributed by atoms with Crippen LogP contribution in [-0.2, 0) is 9.09 Å². The van der Waals surface area contributed by atoms with Crippen LogP contribution in [0.25, 0.3) is 0 Å². The zero-order chi connectivity index (χ0) is 13.6. The van der Waals surface area contributed by atoms with Gasteiger partial charge in [0.1, 0.15) is 11.8 Å². The second-order valence-corrected chi connectivity index (χ2v) is 5.89. The first-order valence-electron chi connectivity index (χ1n) is 5.73. The molecule has 1 unspecified atom stereocenters. The minimum absolute atomic E-state index is 0.168. The Kier molecular flexibility index (Phi) is 5.15. The van der Waals surface area contributed by atoms with Crippen LogP contribution in [0, 0.1) is 11.3 Å². The highest BCUT2D eigenvalue weighted by Gasteiger charge is 2.33. The van der Waals surface area contributed by atoms with Crippen molar-refractivity contribution in [3.63, 3.8) is 0 Å². The third kappa shape index (κ3) is 2.81. The summed E-state index contributed by atoms with van der Waals surface area (Å²) in [4.78, 5) is 0. The fourth-order valence-electron chi connectivity index (χ4n) is 1.54. The van der Waals surface area contributed by atoms with Gasteiger partial charge in [-0.3, -0.25) is 4.57 Å². The highest BCUT2D eigenvalue weighted by Crippen LogP contribution is 2.54. The van der Waals surface area contributed by atoms with Crippen LogP contribution in [0.3, 0.4) is 0 Å². The standard InChI is InChI=1S/C13H16NO3P/c1-3-12(15)13(10-14)18(16,17-4-2)11-8-6-5-7-9-11/h5-9,15H,3-4H2,1-2H3. The number of allylic oxidation sites excluding steroid dienone is 2. The summed E-state index contributed by atoms with van der Waals surface area (Å²) in [7, 11) is -3.49. The monoisotopic (exact) mass is 265 g/mol. The summed E-state index contributed by atoms with van der Waals surface area (Å²) in [6.45, 7) is 3.59. The van der Waals surface area contributed by atoms with E-state index in [1.165, 1.54) is 0 Å². The summed E-state index contributed by atoms with van der Waals surface area (Å²) in [5, 5.41) is 19.1. The van der Waals surface area contributed by atoms with Crippen LogP contribution < -0.4 is 5.30 Å². The molecule has 1 atom stereocenters. The summed E-state index contributed by atoms with van der Waals surface area (Å²) in [6, 6.07) is 10.3. The first-order valence-corrected chi connectivity index (χ1v) is 7.35. The minimum Gasteiger partial charge on any atom is -0.511 e. The molecular weight excluding hydrogens is 249 g/mol. The Balaban J connectivity index is 3.43. The number of hydrogen-bond acceptors (Lipinski definition) is 4. The van der Waals surface area contributed by atoms with Crippen molar-refractivity contribution in [3.8, 4) is 6.07 Å². The number of nitrogens with zero attached hydrogens (tertiary/aromatic N) is 1. The van der Waals surface area contributed by atoms with Crippen molar-refractivity contribution in [2.24, 2.45) is 0 Å². The van der Waals surface area contributed by atoms with E-state index in [-0.39, 0.29) is 24.1 Å². The van der Waals surface area contributed by atoms with Gasteiger partial charge < -0.3 is 9.63 Å². The summed E-state index contributed by atoms with van der Waals surface area (Å²) < 4.78 is 18.2. The third-order valence-corrected chi connectivity index (χ3v) is 4.96. The second kappa shape index (κ2) is 6.39. The minimum atomic E-state index is -3.49. The van der Waals surface area contributed by atoms with Crippen molar-refractivity contribution in [3.05, 3.63) is 41.4 Å². The molecule has 0 fully saturated rings. The molecule has 0 aromatic heterocycles. The van der Waals surface area contributed by atoms with Gasteiger partial charge >= 0.3 is 0 Å². The van der Waals surface area contributed by atoms with Gasteiger partial charge in [0, 0.05) is 11.7 Å². The molecule has 0 heterocycles. The second-order valence-electron chi connectivity index (χ2n) is 3.57. The number of rotatable bonds is 5. The van der Waals surface area contributed by atoms with Gasteiger partial charge in [0.05, 0.1) is 6.61 Å². The molecule has 4 nitrogen and oxygen atoms in total. The van der Waals surface area contributed by atoms with E-state index in [2.05, 4.69) is 0 Å². The van der Waals surface area contributed by atoms with Crippen molar-refractivity contribution in [2.75, 3.05) is 6.61 Å². The summed E-state index contributed by atoms with van der Waals surface area (Å²) in [5.74, 6) is -0.182. The van der Waals surface area contributed by atoms with Crippen LogP contribution >= 0.6 is 7.37 Å². The number of nitriles is 1. The highest BCUT2D eigenvalue weighted by molar-refractivity contribution is 7.71. The van der Waals surface area contributed by atoms with Crippen molar-refractivity contribution in [1.82, 2.24) is 0 Å². The zero-order valence-electron chi connectivity index (χ0n) is 10.5. The normalized spacial score (nSPS) is 15.4. The quantitative estimate of drug-likeness (QED) is 0.503. The molecule has 1 aromatic rings. The molecule has 0 radical (unpaired) electrons. The lowest BCUT2D eigenvalue weighted by Crippen LogP contribution is -2.10. The van der Waals surface area contributed by atoms with Gasteiger partial charge in [0.15, 0.2) is 5.31 Å². The number of benzene rings is 1. The van der Waals surface area contributed by atoms with Gasteiger partial charge in [-0.2, -0.15) is 5.26 Å². The van der Waals surface area contributed by atoms with Crippen molar-refractivity contribution in [2.45, 2.75) is 20.3 Å². The van der Waals surface area contributed by atoms with Crippen LogP contribution in [0.15, 0.2) is 41.4 Å². The lowest BCUT2D eigenvalue weighted by atomic mass is 10.4. The largest absolute Gasteiger partial charge is 0.511 e. The molecule has 1 N–H and O–H groups in total. The molecule has 0 saturated heterocycles. The Morgan fingerprint density at radius 2 is 2.00 bits per heavy atom. The van der Waals surface area contributed by atoms with Crippen molar-refractivity contribution < 1.29 is 14.2 Å². The molecule has 96 valence electrons. The van der Waals surface area contributed by atoms with Gasteiger partial charge in [-0.15, -0.1) is 0 Å². The maximum absolute atomic E-state index is 12.9. The Bertz CT molecular complexity index is 517. The Morgan fingerprint density at radius 1 is 1.39 bits per heavy atom. The van der Waals surface area contributed by atoms with E-state index in [1.807, 2.05) is 6.07 Å². The predicted molar refractivity (Wildman–Crippen MR) is 70.9 cm³/mol. The van der Waals surface area contributed by atoms with E-state index in [9.17, 15) is 9.67 Å². The zero-order valence-corrected chi connectivity index (χ0v) is 11.4. The summed E-state index contributed by atoms with van der Waals surface area (Å²) in [6.07, 6.45) is 0.243. The average Bonchev–Trinajstić information content (AvgIpc) is 2.40. The van der Waals surface area contributed by atoms with E-state index < -0.39 is 7.37 Å². The van der Waals surface area contributed by atoms with Gasteiger partial charge in [-0.1, -0.05) is 25.1 Å². The molecule has 1 aromatic carbocycles. The van der Waals surface area contributed by atoms with Crippen LogP contribution in [0.4, 0.5) is 0 Å². The summed E-state index contributed by atoms with van der Waals surface area (Å²) in [5.41, 5.74) is 0. The van der Waals surface area contributed by atoms with Crippen LogP contribution in [0.1, 0.15) is 20.3 Å². The SMILES string of the molecule is CCOP(=O)(C(C#N)=C(O)CC)c1ccccc1. The summed E-state index contributed by atoms with van der Waals surface area (Å²) >= 11 is 0. The molecule has 0 aliphatic carbocycles.